The molecule has 0 bridgehead atoms. The fraction of sp³-hybridized carbons (Fsp3) is 0.714. The van der Waals surface area contributed by atoms with E-state index in [9.17, 15) is 0 Å². The van der Waals surface area contributed by atoms with Crippen molar-refractivity contribution >= 4 is 33.3 Å². The molecule has 0 aromatic carbocycles. The van der Waals surface area contributed by atoms with Crippen molar-refractivity contribution in [2.24, 2.45) is 0 Å². The largest absolute Gasteiger partial charge is 0.364 e. The molecule has 5 nitrogen and oxygen atoms in total. The number of hydrogen-bond donors (Lipinski definition) is 1. The summed E-state index contributed by atoms with van der Waals surface area (Å²) < 4.78 is 12.9. The quantitative estimate of drug-likeness (QED) is 0.796. The molecule has 1 aromatic rings. The average molecular weight is 377 g/mol. The van der Waals surface area contributed by atoms with Gasteiger partial charge in [-0.1, -0.05) is 12.8 Å². The van der Waals surface area contributed by atoms with Crippen molar-refractivity contribution in [3.8, 4) is 0 Å². The lowest BCUT2D eigenvalue weighted by atomic mass is 10.0. The van der Waals surface area contributed by atoms with Crippen LogP contribution in [0.2, 0.25) is 5.28 Å². The Hall–Kier alpha value is -0.430. The molecular formula is C14H19BrClN3O2. The predicted octanol–water partition coefficient (Wildman–Crippen LogP) is 3.77. The second-order valence-corrected chi connectivity index (χ2v) is 7.20. The van der Waals surface area contributed by atoms with Gasteiger partial charge in [-0.3, -0.25) is 0 Å². The van der Waals surface area contributed by atoms with E-state index in [1.165, 1.54) is 0 Å². The van der Waals surface area contributed by atoms with Gasteiger partial charge in [0.15, 0.2) is 5.79 Å². The van der Waals surface area contributed by atoms with Gasteiger partial charge in [0.05, 0.1) is 16.6 Å². The zero-order valence-electron chi connectivity index (χ0n) is 12.1. The van der Waals surface area contributed by atoms with Crippen LogP contribution in [0.5, 0.6) is 0 Å². The molecule has 1 aliphatic carbocycles. The Bertz CT molecular complexity index is 529. The third-order valence-electron chi connectivity index (χ3n) is 3.91. The smallest absolute Gasteiger partial charge is 0.224 e. The summed E-state index contributed by atoms with van der Waals surface area (Å²) in [7, 11) is 0. The second-order valence-electron chi connectivity index (χ2n) is 6.01. The van der Waals surface area contributed by atoms with Crippen molar-refractivity contribution in [3.63, 3.8) is 0 Å². The van der Waals surface area contributed by atoms with E-state index < -0.39 is 5.79 Å². The van der Waals surface area contributed by atoms with E-state index in [-0.39, 0.29) is 23.5 Å². The van der Waals surface area contributed by atoms with Gasteiger partial charge in [-0.05, 0) is 54.2 Å². The highest BCUT2D eigenvalue weighted by molar-refractivity contribution is 9.10. The Morgan fingerprint density at radius 1 is 1.33 bits per heavy atom. The van der Waals surface area contributed by atoms with Gasteiger partial charge in [-0.2, -0.15) is 4.98 Å². The summed E-state index contributed by atoms with van der Waals surface area (Å²) in [6.07, 6.45) is 6.19. The third-order valence-corrected chi connectivity index (χ3v) is 4.67. The average Bonchev–Trinajstić information content (AvgIpc) is 2.61. The van der Waals surface area contributed by atoms with Crippen LogP contribution in [0.3, 0.4) is 0 Å². The monoisotopic (exact) mass is 375 g/mol. The van der Waals surface area contributed by atoms with E-state index in [0.29, 0.717) is 5.82 Å². The number of halogens is 2. The first-order valence-electron chi connectivity index (χ1n) is 7.25. The van der Waals surface area contributed by atoms with Gasteiger partial charge in [0.2, 0.25) is 5.28 Å². The highest BCUT2D eigenvalue weighted by atomic mass is 79.9. The molecule has 3 atom stereocenters. The number of ether oxygens (including phenoxy) is 2. The van der Waals surface area contributed by atoms with Gasteiger partial charge in [-0.25, -0.2) is 4.98 Å². The van der Waals surface area contributed by atoms with Crippen LogP contribution in [0.1, 0.15) is 39.5 Å². The number of rotatable bonds is 2. The molecule has 2 aliphatic rings. The molecular weight excluding hydrogens is 358 g/mol. The molecule has 1 N–H and O–H groups in total. The van der Waals surface area contributed by atoms with Crippen LogP contribution in [-0.4, -0.2) is 34.0 Å². The number of hydrogen-bond acceptors (Lipinski definition) is 5. The van der Waals surface area contributed by atoms with Crippen LogP contribution in [0.15, 0.2) is 10.7 Å². The molecule has 116 valence electrons. The molecule has 1 saturated carbocycles. The first kappa shape index (κ1) is 15.5. The number of nitrogens with one attached hydrogen (secondary N) is 1. The van der Waals surface area contributed by atoms with Crippen LogP contribution >= 0.6 is 27.5 Å². The maximum atomic E-state index is 6.11. The molecule has 2 heterocycles. The van der Waals surface area contributed by atoms with Crippen LogP contribution in [0, 0.1) is 0 Å². The van der Waals surface area contributed by atoms with Crippen molar-refractivity contribution in [2.75, 3.05) is 5.32 Å². The molecule has 7 heteroatoms. The van der Waals surface area contributed by atoms with Crippen molar-refractivity contribution < 1.29 is 9.47 Å². The molecule has 0 spiro atoms. The van der Waals surface area contributed by atoms with E-state index in [2.05, 4.69) is 31.2 Å². The fourth-order valence-corrected chi connectivity index (χ4v) is 3.52. The Morgan fingerprint density at radius 3 is 2.90 bits per heavy atom. The molecule has 3 rings (SSSR count). The van der Waals surface area contributed by atoms with Crippen molar-refractivity contribution in [1.29, 1.82) is 0 Å². The standard InChI is InChI=1S/C14H19BrClN3O2/c1-14(2)20-10-6-4-3-5-9(11(10)21-14)18-12-8(15)7-17-13(16)19-12/h7,9-11H,3-6H2,1-2H3,(H,17,18,19). The predicted molar refractivity (Wildman–Crippen MR) is 84.4 cm³/mol. The topological polar surface area (TPSA) is 56.3 Å². The van der Waals surface area contributed by atoms with Gasteiger partial charge in [0.1, 0.15) is 11.9 Å². The lowest BCUT2D eigenvalue weighted by Crippen LogP contribution is -2.39. The number of anilines is 1. The number of nitrogens with zero attached hydrogens (tertiary/aromatic N) is 2. The van der Waals surface area contributed by atoms with Crippen molar-refractivity contribution in [2.45, 2.75) is 63.6 Å². The Balaban J connectivity index is 1.81. The van der Waals surface area contributed by atoms with Gasteiger partial charge >= 0.3 is 0 Å². The molecule has 3 unspecified atom stereocenters. The lowest BCUT2D eigenvalue weighted by molar-refractivity contribution is -0.148. The van der Waals surface area contributed by atoms with Gasteiger partial charge < -0.3 is 14.8 Å². The van der Waals surface area contributed by atoms with E-state index in [0.717, 1.165) is 30.2 Å². The Kier molecular flexibility index (Phi) is 4.41. The van der Waals surface area contributed by atoms with E-state index >= 15 is 0 Å². The summed E-state index contributed by atoms with van der Waals surface area (Å²) in [5.74, 6) is 0.182. The maximum Gasteiger partial charge on any atom is 0.224 e. The Morgan fingerprint density at radius 2 is 2.10 bits per heavy atom. The van der Waals surface area contributed by atoms with Crippen LogP contribution in [0.4, 0.5) is 5.82 Å². The molecule has 1 aromatic heterocycles. The van der Waals surface area contributed by atoms with Crippen LogP contribution in [0.25, 0.3) is 0 Å². The summed E-state index contributed by atoms with van der Waals surface area (Å²) >= 11 is 9.34. The lowest BCUT2D eigenvalue weighted by Gasteiger charge is -2.26. The fourth-order valence-electron chi connectivity index (χ4n) is 3.08. The molecule has 0 amide bonds. The maximum absolute atomic E-state index is 6.11. The zero-order valence-corrected chi connectivity index (χ0v) is 14.4. The summed E-state index contributed by atoms with van der Waals surface area (Å²) in [5, 5.41) is 3.68. The van der Waals surface area contributed by atoms with Crippen LogP contribution in [-0.2, 0) is 9.47 Å². The summed E-state index contributed by atoms with van der Waals surface area (Å²) in [5.41, 5.74) is 0. The molecule has 0 radical (unpaired) electrons. The molecule has 1 aliphatic heterocycles. The Labute approximate surface area is 137 Å². The molecule has 21 heavy (non-hydrogen) atoms. The van der Waals surface area contributed by atoms with Gasteiger partial charge in [0, 0.05) is 6.20 Å². The van der Waals surface area contributed by atoms with Crippen molar-refractivity contribution in [3.05, 3.63) is 16.0 Å². The SMILES string of the molecule is CC1(C)OC2CCCCC(Nc3nc(Cl)ncc3Br)C2O1. The van der Waals surface area contributed by atoms with E-state index in [4.69, 9.17) is 21.1 Å². The summed E-state index contributed by atoms with van der Waals surface area (Å²) in [6, 6.07) is 0.154. The van der Waals surface area contributed by atoms with E-state index in [1.54, 1.807) is 6.20 Å². The minimum Gasteiger partial charge on any atom is -0.364 e. The highest BCUT2D eigenvalue weighted by Crippen LogP contribution is 2.37. The van der Waals surface area contributed by atoms with E-state index in [1.807, 2.05) is 13.8 Å². The molecule has 2 fully saturated rings. The third kappa shape index (κ3) is 3.50. The minimum atomic E-state index is -0.521. The highest BCUT2D eigenvalue weighted by Gasteiger charge is 2.45. The normalized spacial score (nSPS) is 31.5. The summed E-state index contributed by atoms with van der Waals surface area (Å²) in [6.45, 7) is 3.94. The second kappa shape index (κ2) is 5.99. The summed E-state index contributed by atoms with van der Waals surface area (Å²) in [4.78, 5) is 8.20. The number of fused-ring (bicyclic) bond motifs is 1. The first-order chi connectivity index (χ1) is 9.94. The zero-order chi connectivity index (χ0) is 15.0. The van der Waals surface area contributed by atoms with Crippen LogP contribution < -0.4 is 5.32 Å². The van der Waals surface area contributed by atoms with Gasteiger partial charge in [-0.15, -0.1) is 0 Å². The molecule has 1 saturated heterocycles. The van der Waals surface area contributed by atoms with Crippen molar-refractivity contribution in [1.82, 2.24) is 9.97 Å². The van der Waals surface area contributed by atoms with Gasteiger partial charge in [0.25, 0.3) is 0 Å². The minimum absolute atomic E-state index is 0.0307. The number of aromatic nitrogens is 2. The first-order valence-corrected chi connectivity index (χ1v) is 8.42.